The first-order valence-electron chi connectivity index (χ1n) is 6.71. The van der Waals surface area contributed by atoms with Crippen molar-refractivity contribution in [3.05, 3.63) is 11.6 Å². The number of Topliss-reactive ketones (excluding diaryl/α,β-unsaturated/α-hetero) is 1. The molecule has 0 aliphatic heterocycles. The molecule has 4 heteroatoms. The first-order chi connectivity index (χ1) is 8.63. The van der Waals surface area contributed by atoms with E-state index in [1.54, 1.807) is 13.0 Å². The lowest BCUT2D eigenvalue weighted by Crippen LogP contribution is -2.03. The number of unbranched alkanes of at least 4 members (excludes halogenated alkanes) is 3. The van der Waals surface area contributed by atoms with Gasteiger partial charge < -0.3 is 9.84 Å². The molecule has 0 saturated heterocycles. The number of carbonyl (C=O) groups is 2. The van der Waals surface area contributed by atoms with Gasteiger partial charge in [-0.1, -0.05) is 12.8 Å². The molecule has 0 unspecified atom stereocenters. The van der Waals surface area contributed by atoms with Crippen molar-refractivity contribution >= 4 is 11.8 Å². The average molecular weight is 254 g/mol. The van der Waals surface area contributed by atoms with Gasteiger partial charge in [0.05, 0.1) is 12.7 Å². The van der Waals surface area contributed by atoms with Crippen molar-refractivity contribution in [3.8, 4) is 0 Å². The van der Waals surface area contributed by atoms with Crippen LogP contribution in [0.15, 0.2) is 11.6 Å². The number of ketones is 1. The number of ether oxygens (including phenoxy) is 1. The number of esters is 1. The fraction of sp³-hybridized carbons (Fsp3) is 0.714. The van der Waals surface area contributed by atoms with Crippen molar-refractivity contribution in [2.45, 2.75) is 58.0 Å². The first-order valence-corrected chi connectivity index (χ1v) is 6.71. The summed E-state index contributed by atoms with van der Waals surface area (Å²) >= 11 is 0. The Hall–Kier alpha value is -1.16. The Morgan fingerprint density at radius 3 is 2.72 bits per heavy atom. The fourth-order valence-corrected chi connectivity index (χ4v) is 2.10. The quantitative estimate of drug-likeness (QED) is 0.532. The Labute approximate surface area is 108 Å². The van der Waals surface area contributed by atoms with E-state index >= 15 is 0 Å². The highest BCUT2D eigenvalue weighted by Gasteiger charge is 2.21. The SMILES string of the molecule is CCOC(=O)CCCCCCC1=C[C@H](O)CC1=O. The van der Waals surface area contributed by atoms with Crippen molar-refractivity contribution in [1.82, 2.24) is 0 Å². The van der Waals surface area contributed by atoms with E-state index in [2.05, 4.69) is 0 Å². The fourth-order valence-electron chi connectivity index (χ4n) is 2.10. The predicted molar refractivity (Wildman–Crippen MR) is 68.0 cm³/mol. The average Bonchev–Trinajstić information content (AvgIpc) is 2.62. The molecule has 0 saturated carbocycles. The van der Waals surface area contributed by atoms with Crippen molar-refractivity contribution in [3.63, 3.8) is 0 Å². The number of aliphatic hydroxyl groups excluding tert-OH is 1. The molecule has 1 atom stereocenters. The smallest absolute Gasteiger partial charge is 0.305 e. The van der Waals surface area contributed by atoms with Crippen LogP contribution in [0.3, 0.4) is 0 Å². The minimum Gasteiger partial charge on any atom is -0.466 e. The van der Waals surface area contributed by atoms with E-state index in [-0.39, 0.29) is 18.2 Å². The van der Waals surface area contributed by atoms with Crippen LogP contribution in [0.4, 0.5) is 0 Å². The summed E-state index contributed by atoms with van der Waals surface area (Å²) in [6.07, 6.45) is 6.32. The number of rotatable bonds is 8. The van der Waals surface area contributed by atoms with E-state index < -0.39 is 6.10 Å². The second-order valence-electron chi connectivity index (χ2n) is 4.61. The van der Waals surface area contributed by atoms with Crippen LogP contribution in [0.5, 0.6) is 0 Å². The summed E-state index contributed by atoms with van der Waals surface area (Å²) in [4.78, 5) is 22.4. The van der Waals surface area contributed by atoms with Gasteiger partial charge in [0.15, 0.2) is 5.78 Å². The van der Waals surface area contributed by atoms with E-state index in [0.29, 0.717) is 13.0 Å². The number of allylic oxidation sites excluding steroid dienone is 1. The Morgan fingerprint density at radius 1 is 1.39 bits per heavy atom. The first kappa shape index (κ1) is 14.9. The molecule has 1 aliphatic rings. The largest absolute Gasteiger partial charge is 0.466 e. The summed E-state index contributed by atoms with van der Waals surface area (Å²) in [5.41, 5.74) is 0.771. The van der Waals surface area contributed by atoms with Gasteiger partial charge in [-0.3, -0.25) is 9.59 Å². The molecule has 1 rings (SSSR count). The predicted octanol–water partition coefficient (Wildman–Crippen LogP) is 2.15. The van der Waals surface area contributed by atoms with Crippen LogP contribution in [0.25, 0.3) is 0 Å². The lowest BCUT2D eigenvalue weighted by atomic mass is 10.0. The Morgan fingerprint density at radius 2 is 2.11 bits per heavy atom. The van der Waals surface area contributed by atoms with Gasteiger partial charge in [-0.05, 0) is 37.8 Å². The van der Waals surface area contributed by atoms with Crippen molar-refractivity contribution in [2.24, 2.45) is 0 Å². The molecule has 0 radical (unpaired) electrons. The summed E-state index contributed by atoms with van der Waals surface area (Å²) in [6.45, 7) is 2.25. The van der Waals surface area contributed by atoms with Crippen LogP contribution in [0, 0.1) is 0 Å². The van der Waals surface area contributed by atoms with Crippen LogP contribution in [-0.4, -0.2) is 29.6 Å². The van der Waals surface area contributed by atoms with Crippen LogP contribution < -0.4 is 0 Å². The van der Waals surface area contributed by atoms with Crippen molar-refractivity contribution < 1.29 is 19.4 Å². The molecule has 0 aromatic carbocycles. The second kappa shape index (κ2) is 8.03. The molecule has 1 N–H and O–H groups in total. The number of aliphatic hydroxyl groups is 1. The van der Waals surface area contributed by atoms with Gasteiger partial charge in [-0.2, -0.15) is 0 Å². The minimum absolute atomic E-state index is 0.0778. The molecule has 102 valence electrons. The normalized spacial score (nSPS) is 18.9. The van der Waals surface area contributed by atoms with E-state index in [0.717, 1.165) is 37.7 Å². The van der Waals surface area contributed by atoms with E-state index in [4.69, 9.17) is 4.74 Å². The van der Waals surface area contributed by atoms with Crippen molar-refractivity contribution in [2.75, 3.05) is 6.61 Å². The number of carbonyl (C=O) groups excluding carboxylic acids is 2. The lowest BCUT2D eigenvalue weighted by Gasteiger charge is -2.02. The maximum atomic E-state index is 11.4. The molecule has 0 amide bonds. The van der Waals surface area contributed by atoms with Gasteiger partial charge in [-0.15, -0.1) is 0 Å². The standard InChI is InChI=1S/C14H22O4/c1-2-18-14(17)8-6-4-3-5-7-11-9-12(15)10-13(11)16/h9,12,15H,2-8,10H2,1H3/t12-/m0/s1. The zero-order valence-corrected chi connectivity index (χ0v) is 11.0. The molecule has 0 aromatic heterocycles. The van der Waals surface area contributed by atoms with Crippen molar-refractivity contribution in [1.29, 1.82) is 0 Å². The van der Waals surface area contributed by atoms with Crippen LogP contribution in [0.2, 0.25) is 0 Å². The maximum absolute atomic E-state index is 11.4. The van der Waals surface area contributed by atoms with Crippen LogP contribution in [0.1, 0.15) is 51.9 Å². The molecular weight excluding hydrogens is 232 g/mol. The Balaban J connectivity index is 2.01. The molecule has 0 fully saturated rings. The van der Waals surface area contributed by atoms with Gasteiger partial charge in [0.2, 0.25) is 0 Å². The van der Waals surface area contributed by atoms with Gasteiger partial charge in [0.1, 0.15) is 0 Å². The minimum atomic E-state index is -0.573. The van der Waals surface area contributed by atoms with Gasteiger partial charge in [0.25, 0.3) is 0 Å². The third kappa shape index (κ3) is 5.45. The zero-order chi connectivity index (χ0) is 13.4. The molecule has 4 nitrogen and oxygen atoms in total. The van der Waals surface area contributed by atoms with E-state index in [1.165, 1.54) is 0 Å². The third-order valence-corrected chi connectivity index (χ3v) is 3.03. The number of hydrogen-bond donors (Lipinski definition) is 1. The summed E-state index contributed by atoms with van der Waals surface area (Å²) in [5, 5.41) is 9.27. The summed E-state index contributed by atoms with van der Waals surface area (Å²) in [5.74, 6) is -0.0525. The summed E-state index contributed by atoms with van der Waals surface area (Å²) in [7, 11) is 0. The van der Waals surface area contributed by atoms with E-state index in [9.17, 15) is 14.7 Å². The van der Waals surface area contributed by atoms with E-state index in [1.807, 2.05) is 0 Å². The molecule has 0 bridgehead atoms. The summed E-state index contributed by atoms with van der Waals surface area (Å²) in [6, 6.07) is 0. The lowest BCUT2D eigenvalue weighted by molar-refractivity contribution is -0.143. The highest BCUT2D eigenvalue weighted by molar-refractivity contribution is 5.98. The van der Waals surface area contributed by atoms with Gasteiger partial charge >= 0.3 is 5.97 Å². The molecular formula is C14H22O4. The molecule has 1 aliphatic carbocycles. The third-order valence-electron chi connectivity index (χ3n) is 3.03. The molecule has 0 heterocycles. The molecule has 18 heavy (non-hydrogen) atoms. The Kier molecular flexibility index (Phi) is 6.65. The Bertz CT molecular complexity index is 320. The highest BCUT2D eigenvalue weighted by Crippen LogP contribution is 2.20. The zero-order valence-electron chi connectivity index (χ0n) is 11.0. The number of hydrogen-bond acceptors (Lipinski definition) is 4. The van der Waals surface area contributed by atoms with Crippen LogP contribution >= 0.6 is 0 Å². The topological polar surface area (TPSA) is 63.6 Å². The maximum Gasteiger partial charge on any atom is 0.305 e. The van der Waals surface area contributed by atoms with Gasteiger partial charge in [-0.25, -0.2) is 0 Å². The summed E-state index contributed by atoms with van der Waals surface area (Å²) < 4.78 is 4.84. The van der Waals surface area contributed by atoms with Gasteiger partial charge in [0, 0.05) is 12.8 Å². The highest BCUT2D eigenvalue weighted by atomic mass is 16.5. The molecule has 0 spiro atoms. The second-order valence-corrected chi connectivity index (χ2v) is 4.61. The molecule has 0 aromatic rings. The van der Waals surface area contributed by atoms with Crippen LogP contribution in [-0.2, 0) is 14.3 Å². The monoisotopic (exact) mass is 254 g/mol.